The van der Waals surface area contributed by atoms with Crippen LogP contribution in [0.5, 0.6) is 5.75 Å². The molecule has 0 saturated carbocycles. The van der Waals surface area contributed by atoms with Gasteiger partial charge in [-0.05, 0) is 24.3 Å². The minimum atomic E-state index is -0.917. The zero-order valence-corrected chi connectivity index (χ0v) is 11.9. The van der Waals surface area contributed by atoms with Crippen molar-refractivity contribution in [1.29, 1.82) is 0 Å². The van der Waals surface area contributed by atoms with E-state index in [-0.39, 0.29) is 5.76 Å². The number of nitrogens with zero attached hydrogens (tertiary/aromatic N) is 1. The largest absolute Gasteiger partial charge is 0.503 e. The Labute approximate surface area is 127 Å². The molecule has 0 bridgehead atoms. The zero-order chi connectivity index (χ0) is 15.3. The molecule has 4 rings (SSSR count). The van der Waals surface area contributed by atoms with Gasteiger partial charge in [-0.3, -0.25) is 9.69 Å². The summed E-state index contributed by atoms with van der Waals surface area (Å²) >= 11 is 0. The number of rotatable bonds is 2. The summed E-state index contributed by atoms with van der Waals surface area (Å²) in [5.74, 6) is 0.0157. The monoisotopic (exact) mass is 294 g/mol. The van der Waals surface area contributed by atoms with Gasteiger partial charge >= 0.3 is 0 Å². The quantitative estimate of drug-likeness (QED) is 0.894. The fourth-order valence-corrected chi connectivity index (χ4v) is 3.11. The fourth-order valence-electron chi connectivity index (χ4n) is 3.11. The van der Waals surface area contributed by atoms with Crippen molar-refractivity contribution < 1.29 is 14.6 Å². The highest BCUT2D eigenvalue weighted by molar-refractivity contribution is 6.13. The van der Waals surface area contributed by atoms with Crippen LogP contribution in [-0.4, -0.2) is 18.1 Å². The summed E-state index contributed by atoms with van der Waals surface area (Å²) in [4.78, 5) is 14.0. The van der Waals surface area contributed by atoms with Crippen molar-refractivity contribution in [3.63, 3.8) is 0 Å². The predicted molar refractivity (Wildman–Crippen MR) is 82.9 cm³/mol. The SMILES string of the molecule is COc1cccc([C@@]23C=C(O)C(=O)N2c2ccccc2N3)c1. The Balaban J connectivity index is 1.94. The van der Waals surface area contributed by atoms with E-state index in [1.165, 1.54) is 0 Å². The summed E-state index contributed by atoms with van der Waals surface area (Å²) in [5, 5.41) is 13.3. The van der Waals surface area contributed by atoms with Crippen LogP contribution < -0.4 is 15.0 Å². The standard InChI is InChI=1S/C17H14N2O3/c1-22-12-6-4-5-11(9-12)17-10-15(20)16(21)19(17)14-8-3-2-7-13(14)18-17/h2-10,18,20H,1H3/t17-/m1/s1. The van der Waals surface area contributed by atoms with E-state index in [0.717, 1.165) is 16.9 Å². The summed E-state index contributed by atoms with van der Waals surface area (Å²) in [7, 11) is 1.60. The van der Waals surface area contributed by atoms with Crippen molar-refractivity contribution in [2.45, 2.75) is 5.66 Å². The van der Waals surface area contributed by atoms with Crippen LogP contribution in [0.4, 0.5) is 11.4 Å². The first-order valence-corrected chi connectivity index (χ1v) is 6.94. The second kappa shape index (κ2) is 4.27. The van der Waals surface area contributed by atoms with E-state index in [1.807, 2.05) is 48.5 Å². The van der Waals surface area contributed by atoms with Crippen LogP contribution in [0.1, 0.15) is 5.56 Å². The number of benzene rings is 2. The Kier molecular flexibility index (Phi) is 2.48. The van der Waals surface area contributed by atoms with Crippen molar-refractivity contribution >= 4 is 17.3 Å². The molecular weight excluding hydrogens is 280 g/mol. The molecule has 5 nitrogen and oxygen atoms in total. The minimum absolute atomic E-state index is 0.259. The number of para-hydroxylation sites is 2. The van der Waals surface area contributed by atoms with Crippen LogP contribution in [-0.2, 0) is 10.5 Å². The van der Waals surface area contributed by atoms with Crippen molar-refractivity contribution in [3.05, 3.63) is 65.9 Å². The van der Waals surface area contributed by atoms with E-state index in [4.69, 9.17) is 4.74 Å². The molecule has 0 aliphatic carbocycles. The van der Waals surface area contributed by atoms with E-state index in [0.29, 0.717) is 5.75 Å². The molecule has 2 aliphatic heterocycles. The summed E-state index contributed by atoms with van der Waals surface area (Å²) in [5.41, 5.74) is 1.50. The van der Waals surface area contributed by atoms with Gasteiger partial charge in [0.15, 0.2) is 11.4 Å². The first-order chi connectivity index (χ1) is 10.7. The number of nitrogens with one attached hydrogen (secondary N) is 1. The van der Waals surface area contributed by atoms with Crippen LogP contribution >= 0.6 is 0 Å². The molecule has 1 amide bonds. The molecule has 0 fully saturated rings. The lowest BCUT2D eigenvalue weighted by atomic mass is 9.99. The molecule has 0 unspecified atom stereocenters. The first-order valence-electron chi connectivity index (χ1n) is 6.94. The number of carbonyl (C=O) groups excluding carboxylic acids is 1. The summed E-state index contributed by atoms with van der Waals surface area (Å²) in [6.45, 7) is 0. The van der Waals surface area contributed by atoms with Gasteiger partial charge in [0, 0.05) is 11.6 Å². The average molecular weight is 294 g/mol. The lowest BCUT2D eigenvalue weighted by molar-refractivity contribution is -0.117. The normalized spacial score (nSPS) is 22.0. The van der Waals surface area contributed by atoms with E-state index in [9.17, 15) is 9.90 Å². The van der Waals surface area contributed by atoms with E-state index in [1.54, 1.807) is 18.1 Å². The number of amides is 1. The van der Waals surface area contributed by atoms with Gasteiger partial charge in [-0.25, -0.2) is 0 Å². The number of aliphatic hydroxyl groups is 1. The number of hydrogen-bond donors (Lipinski definition) is 2. The molecule has 2 N–H and O–H groups in total. The van der Waals surface area contributed by atoms with Gasteiger partial charge in [0.2, 0.25) is 0 Å². The topological polar surface area (TPSA) is 61.8 Å². The van der Waals surface area contributed by atoms with Crippen molar-refractivity contribution in [3.8, 4) is 5.75 Å². The Morgan fingerprint density at radius 1 is 1.18 bits per heavy atom. The summed E-state index contributed by atoms with van der Waals surface area (Å²) < 4.78 is 5.28. The van der Waals surface area contributed by atoms with E-state index >= 15 is 0 Å². The van der Waals surface area contributed by atoms with Gasteiger partial charge in [-0.15, -0.1) is 0 Å². The lowest BCUT2D eigenvalue weighted by Gasteiger charge is -2.31. The number of hydrogen-bond acceptors (Lipinski definition) is 4. The third kappa shape index (κ3) is 1.50. The average Bonchev–Trinajstić information content (AvgIpc) is 3.00. The van der Waals surface area contributed by atoms with Crippen LogP contribution in [0.25, 0.3) is 0 Å². The molecule has 2 aromatic carbocycles. The van der Waals surface area contributed by atoms with E-state index in [2.05, 4.69) is 5.32 Å². The third-order valence-corrected chi connectivity index (χ3v) is 4.10. The number of ether oxygens (including phenoxy) is 1. The van der Waals surface area contributed by atoms with Crippen LogP contribution in [0.15, 0.2) is 60.4 Å². The van der Waals surface area contributed by atoms with Crippen molar-refractivity contribution in [1.82, 2.24) is 0 Å². The Hall–Kier alpha value is -2.95. The second-order valence-electron chi connectivity index (χ2n) is 5.31. The molecular formula is C17H14N2O3. The maximum Gasteiger partial charge on any atom is 0.295 e. The highest BCUT2D eigenvalue weighted by atomic mass is 16.5. The van der Waals surface area contributed by atoms with Crippen LogP contribution in [0.2, 0.25) is 0 Å². The van der Waals surface area contributed by atoms with Gasteiger partial charge in [-0.1, -0.05) is 24.3 Å². The van der Waals surface area contributed by atoms with Gasteiger partial charge in [0.1, 0.15) is 5.75 Å². The van der Waals surface area contributed by atoms with Crippen LogP contribution in [0, 0.1) is 0 Å². The molecule has 0 aromatic heterocycles. The van der Waals surface area contributed by atoms with Gasteiger partial charge in [-0.2, -0.15) is 0 Å². The fraction of sp³-hybridized carbons (Fsp3) is 0.118. The maximum atomic E-state index is 12.4. The highest BCUT2D eigenvalue weighted by Gasteiger charge is 2.52. The zero-order valence-electron chi connectivity index (χ0n) is 11.9. The Morgan fingerprint density at radius 2 is 2.00 bits per heavy atom. The molecule has 0 radical (unpaired) electrons. The summed E-state index contributed by atoms with van der Waals surface area (Å²) in [6, 6.07) is 15.0. The minimum Gasteiger partial charge on any atom is -0.503 e. The third-order valence-electron chi connectivity index (χ3n) is 4.10. The molecule has 2 aliphatic rings. The molecule has 22 heavy (non-hydrogen) atoms. The molecule has 1 atom stereocenters. The number of anilines is 2. The molecule has 0 spiro atoms. The van der Waals surface area contributed by atoms with Crippen LogP contribution in [0.3, 0.4) is 0 Å². The van der Waals surface area contributed by atoms with Crippen molar-refractivity contribution in [2.75, 3.05) is 17.3 Å². The Bertz CT molecular complexity index is 815. The summed E-state index contributed by atoms with van der Waals surface area (Å²) in [6.07, 6.45) is 1.55. The van der Waals surface area contributed by atoms with Gasteiger partial charge in [0.25, 0.3) is 5.91 Å². The van der Waals surface area contributed by atoms with E-state index < -0.39 is 11.6 Å². The molecule has 5 heteroatoms. The Morgan fingerprint density at radius 3 is 2.82 bits per heavy atom. The van der Waals surface area contributed by atoms with Gasteiger partial charge in [0.05, 0.1) is 18.5 Å². The molecule has 0 saturated heterocycles. The molecule has 2 aromatic rings. The number of aliphatic hydroxyl groups excluding tert-OH is 1. The van der Waals surface area contributed by atoms with Crippen molar-refractivity contribution in [2.24, 2.45) is 0 Å². The number of fused-ring (bicyclic) bond motifs is 3. The predicted octanol–water partition coefficient (Wildman–Crippen LogP) is 2.76. The molecule has 110 valence electrons. The lowest BCUT2D eigenvalue weighted by Crippen LogP contribution is -2.45. The first kappa shape index (κ1) is 12.8. The molecule has 2 heterocycles. The van der Waals surface area contributed by atoms with Gasteiger partial charge < -0.3 is 15.2 Å². The maximum absolute atomic E-state index is 12.4. The second-order valence-corrected chi connectivity index (χ2v) is 5.31. The number of methoxy groups -OCH3 is 1. The number of carbonyl (C=O) groups is 1. The highest BCUT2D eigenvalue weighted by Crippen LogP contribution is 2.50. The smallest absolute Gasteiger partial charge is 0.295 e.